The highest BCUT2D eigenvalue weighted by Crippen LogP contribution is 2.12. The molecule has 4 nitrogen and oxygen atoms in total. The summed E-state index contributed by atoms with van der Waals surface area (Å²) in [5.74, 6) is 1.54. The molecule has 0 fully saturated rings. The van der Waals surface area contributed by atoms with Crippen molar-refractivity contribution >= 4 is 23.6 Å². The Morgan fingerprint density at radius 1 is 0.964 bits per heavy atom. The number of hydrogen-bond acceptors (Lipinski definition) is 3. The summed E-state index contributed by atoms with van der Waals surface area (Å²) in [6.45, 7) is 6.56. The van der Waals surface area contributed by atoms with E-state index >= 15 is 0 Å². The Balaban J connectivity index is 1.72. The third kappa shape index (κ3) is 7.77. The largest absolute Gasteiger partial charge is 0.353 e. The van der Waals surface area contributed by atoms with E-state index in [0.717, 1.165) is 17.1 Å². The van der Waals surface area contributed by atoms with E-state index in [4.69, 9.17) is 0 Å². The first-order chi connectivity index (χ1) is 13.5. The molecule has 0 spiro atoms. The monoisotopic (exact) mass is 398 g/mol. The van der Waals surface area contributed by atoms with Gasteiger partial charge in [0.25, 0.3) is 0 Å². The predicted molar refractivity (Wildman–Crippen MR) is 117 cm³/mol. The van der Waals surface area contributed by atoms with E-state index in [1.165, 1.54) is 11.1 Å². The van der Waals surface area contributed by atoms with E-state index in [1.54, 1.807) is 11.8 Å². The van der Waals surface area contributed by atoms with Crippen LogP contribution in [0.3, 0.4) is 0 Å². The fraction of sp³-hybridized carbons (Fsp3) is 0.391. The molecule has 5 heteroatoms. The van der Waals surface area contributed by atoms with E-state index in [0.29, 0.717) is 6.54 Å². The third-order valence-electron chi connectivity index (χ3n) is 4.41. The highest BCUT2D eigenvalue weighted by atomic mass is 32.2. The molecule has 2 amide bonds. The van der Waals surface area contributed by atoms with Crippen molar-refractivity contribution < 1.29 is 9.59 Å². The number of aryl methyl sites for hydroxylation is 1. The third-order valence-corrected chi connectivity index (χ3v) is 5.44. The van der Waals surface area contributed by atoms with Gasteiger partial charge in [-0.3, -0.25) is 9.59 Å². The van der Waals surface area contributed by atoms with Crippen molar-refractivity contribution in [2.24, 2.45) is 5.92 Å². The number of amides is 2. The number of thioether (sulfide) groups is 1. The van der Waals surface area contributed by atoms with Crippen LogP contribution in [0.4, 0.5) is 0 Å². The van der Waals surface area contributed by atoms with Gasteiger partial charge in [0.05, 0.1) is 6.42 Å². The van der Waals surface area contributed by atoms with Crippen LogP contribution in [0.2, 0.25) is 0 Å². The van der Waals surface area contributed by atoms with Crippen LogP contribution in [0.25, 0.3) is 0 Å². The molecule has 28 heavy (non-hydrogen) atoms. The van der Waals surface area contributed by atoms with Crippen LogP contribution in [0, 0.1) is 12.8 Å². The minimum atomic E-state index is -0.515. The molecule has 2 N–H and O–H groups in total. The molecule has 0 aromatic heterocycles. The standard InChI is InChI=1S/C23H30N2O2S/c1-17(2)22(25-21(26)15-19-7-5-4-6-8-19)23(27)24-13-14-28-16-20-11-9-18(3)10-12-20/h4-12,17,22H,13-16H2,1-3H3,(H,24,27)(H,25,26)/t22-/m0/s1. The molecular weight excluding hydrogens is 368 g/mol. The Hall–Kier alpha value is -2.27. The summed E-state index contributed by atoms with van der Waals surface area (Å²) in [5, 5.41) is 5.83. The van der Waals surface area contributed by atoms with Crippen LogP contribution in [0.1, 0.15) is 30.5 Å². The van der Waals surface area contributed by atoms with Crippen molar-refractivity contribution in [1.82, 2.24) is 10.6 Å². The molecule has 2 aromatic carbocycles. The highest BCUT2D eigenvalue weighted by molar-refractivity contribution is 7.98. The topological polar surface area (TPSA) is 58.2 Å². The lowest BCUT2D eigenvalue weighted by molar-refractivity contribution is -0.129. The van der Waals surface area contributed by atoms with Crippen molar-refractivity contribution in [2.45, 2.75) is 39.0 Å². The molecule has 0 saturated carbocycles. The number of hydrogen-bond donors (Lipinski definition) is 2. The van der Waals surface area contributed by atoms with Crippen LogP contribution in [0.5, 0.6) is 0 Å². The van der Waals surface area contributed by atoms with E-state index in [-0.39, 0.29) is 24.2 Å². The molecule has 150 valence electrons. The van der Waals surface area contributed by atoms with Gasteiger partial charge in [0.2, 0.25) is 11.8 Å². The number of carbonyl (C=O) groups is 2. The Morgan fingerprint density at radius 3 is 2.29 bits per heavy atom. The second-order valence-electron chi connectivity index (χ2n) is 7.28. The maximum absolute atomic E-state index is 12.5. The van der Waals surface area contributed by atoms with Crippen molar-refractivity contribution in [3.05, 3.63) is 71.3 Å². The van der Waals surface area contributed by atoms with E-state index in [9.17, 15) is 9.59 Å². The van der Waals surface area contributed by atoms with Crippen molar-refractivity contribution in [3.63, 3.8) is 0 Å². The predicted octanol–water partition coefficient (Wildman–Crippen LogP) is 3.73. The number of rotatable bonds is 10. The molecular formula is C23H30N2O2S. The quantitative estimate of drug-likeness (QED) is 0.600. The van der Waals surface area contributed by atoms with Crippen LogP contribution in [-0.4, -0.2) is 30.2 Å². The van der Waals surface area contributed by atoms with E-state index in [1.807, 2.05) is 44.2 Å². The minimum absolute atomic E-state index is 0.0277. The Morgan fingerprint density at radius 2 is 1.64 bits per heavy atom. The fourth-order valence-corrected chi connectivity index (χ4v) is 3.59. The van der Waals surface area contributed by atoms with Gasteiger partial charge in [-0.1, -0.05) is 74.0 Å². The molecule has 2 aromatic rings. The van der Waals surface area contributed by atoms with Crippen molar-refractivity contribution in [3.8, 4) is 0 Å². The number of benzene rings is 2. The van der Waals surface area contributed by atoms with Gasteiger partial charge >= 0.3 is 0 Å². The zero-order valence-corrected chi connectivity index (χ0v) is 17.7. The van der Waals surface area contributed by atoms with Crippen LogP contribution in [-0.2, 0) is 21.8 Å². The van der Waals surface area contributed by atoms with Crippen LogP contribution >= 0.6 is 11.8 Å². The summed E-state index contributed by atoms with van der Waals surface area (Å²) in [5.41, 5.74) is 3.49. The smallest absolute Gasteiger partial charge is 0.242 e. The Bertz CT molecular complexity index is 745. The van der Waals surface area contributed by atoms with Crippen LogP contribution in [0.15, 0.2) is 54.6 Å². The van der Waals surface area contributed by atoms with Gasteiger partial charge in [-0.25, -0.2) is 0 Å². The molecule has 0 heterocycles. The molecule has 0 bridgehead atoms. The zero-order valence-electron chi connectivity index (χ0n) is 16.9. The summed E-state index contributed by atoms with van der Waals surface area (Å²) in [6, 6.07) is 17.5. The van der Waals surface area contributed by atoms with Gasteiger partial charge in [-0.2, -0.15) is 11.8 Å². The van der Waals surface area contributed by atoms with Gasteiger partial charge in [-0.05, 0) is 24.0 Å². The Labute approximate surface area is 172 Å². The lowest BCUT2D eigenvalue weighted by Gasteiger charge is -2.21. The molecule has 0 aliphatic heterocycles. The summed E-state index contributed by atoms with van der Waals surface area (Å²) in [6.07, 6.45) is 0.281. The summed E-state index contributed by atoms with van der Waals surface area (Å²) < 4.78 is 0. The van der Waals surface area contributed by atoms with Gasteiger partial charge in [-0.15, -0.1) is 0 Å². The lowest BCUT2D eigenvalue weighted by atomic mass is 10.0. The first-order valence-corrected chi connectivity index (χ1v) is 10.9. The summed E-state index contributed by atoms with van der Waals surface area (Å²) >= 11 is 1.79. The zero-order chi connectivity index (χ0) is 20.4. The molecule has 0 aliphatic rings. The Kier molecular flexibility index (Phi) is 9.08. The SMILES string of the molecule is Cc1ccc(CSCCNC(=O)[C@@H](NC(=O)Cc2ccccc2)C(C)C)cc1. The summed E-state index contributed by atoms with van der Waals surface area (Å²) in [4.78, 5) is 24.8. The molecule has 0 saturated heterocycles. The van der Waals surface area contributed by atoms with Crippen LogP contribution < -0.4 is 10.6 Å². The maximum atomic E-state index is 12.5. The first kappa shape index (κ1) is 22.0. The van der Waals surface area contributed by atoms with Crippen molar-refractivity contribution in [1.29, 1.82) is 0 Å². The normalized spacial score (nSPS) is 11.9. The van der Waals surface area contributed by atoms with E-state index in [2.05, 4.69) is 41.8 Å². The molecule has 2 rings (SSSR count). The van der Waals surface area contributed by atoms with Gasteiger partial charge < -0.3 is 10.6 Å². The average Bonchev–Trinajstić information content (AvgIpc) is 2.67. The van der Waals surface area contributed by atoms with E-state index < -0.39 is 6.04 Å². The lowest BCUT2D eigenvalue weighted by Crippen LogP contribution is -2.50. The first-order valence-electron chi connectivity index (χ1n) is 9.70. The number of carbonyl (C=O) groups excluding carboxylic acids is 2. The maximum Gasteiger partial charge on any atom is 0.242 e. The molecule has 1 atom stereocenters. The van der Waals surface area contributed by atoms with Crippen molar-refractivity contribution in [2.75, 3.05) is 12.3 Å². The molecule has 0 radical (unpaired) electrons. The fourth-order valence-electron chi connectivity index (χ4n) is 2.77. The summed E-state index contributed by atoms with van der Waals surface area (Å²) in [7, 11) is 0. The molecule has 0 unspecified atom stereocenters. The second kappa shape index (κ2) is 11.5. The average molecular weight is 399 g/mol. The minimum Gasteiger partial charge on any atom is -0.353 e. The van der Waals surface area contributed by atoms with Gasteiger partial charge in [0.15, 0.2) is 0 Å². The molecule has 0 aliphatic carbocycles. The second-order valence-corrected chi connectivity index (χ2v) is 8.39. The van der Waals surface area contributed by atoms with Gasteiger partial charge in [0.1, 0.15) is 6.04 Å². The number of nitrogens with one attached hydrogen (secondary N) is 2. The van der Waals surface area contributed by atoms with Gasteiger partial charge in [0, 0.05) is 18.1 Å². The highest BCUT2D eigenvalue weighted by Gasteiger charge is 2.23.